The number of aromatic nitrogens is 1. The maximum Gasteiger partial charge on any atom is 0.340 e. The molecule has 0 spiro atoms. The molecule has 5 heteroatoms. The highest BCUT2D eigenvalue weighted by molar-refractivity contribution is 6.34. The van der Waals surface area contributed by atoms with Gasteiger partial charge in [0, 0.05) is 6.20 Å². The van der Waals surface area contributed by atoms with Crippen LogP contribution in [0, 0.1) is 0 Å². The number of rotatable bonds is 2. The molecule has 92 valence electrons. The third-order valence-corrected chi connectivity index (χ3v) is 3.38. The number of carbonyl (C=O) groups is 1. The van der Waals surface area contributed by atoms with Crippen molar-refractivity contribution >= 4 is 29.2 Å². The minimum absolute atomic E-state index is 0.0132. The molecule has 0 bridgehead atoms. The van der Waals surface area contributed by atoms with Crippen molar-refractivity contribution in [2.75, 3.05) is 0 Å². The van der Waals surface area contributed by atoms with Crippen LogP contribution in [0.1, 0.15) is 42.5 Å². The SMILES string of the molecule is O=C(OC1CCCCC1)c1cc(Cl)ncc1Cl. The molecule has 1 saturated carbocycles. The van der Waals surface area contributed by atoms with Gasteiger partial charge in [-0.15, -0.1) is 0 Å². The molecule has 2 rings (SSSR count). The van der Waals surface area contributed by atoms with Crippen LogP contribution in [0.25, 0.3) is 0 Å². The lowest BCUT2D eigenvalue weighted by Gasteiger charge is -2.21. The smallest absolute Gasteiger partial charge is 0.340 e. The highest BCUT2D eigenvalue weighted by Crippen LogP contribution is 2.24. The van der Waals surface area contributed by atoms with Crippen LogP contribution in [0.4, 0.5) is 0 Å². The number of hydrogen-bond donors (Lipinski definition) is 0. The molecule has 17 heavy (non-hydrogen) atoms. The fourth-order valence-corrected chi connectivity index (χ4v) is 2.31. The van der Waals surface area contributed by atoms with E-state index in [0.29, 0.717) is 0 Å². The summed E-state index contributed by atoms with van der Waals surface area (Å²) in [5, 5.41) is 0.514. The molecule has 0 unspecified atom stereocenters. The van der Waals surface area contributed by atoms with Crippen LogP contribution in [0.2, 0.25) is 10.2 Å². The molecule has 1 aliphatic rings. The molecule has 3 nitrogen and oxygen atoms in total. The minimum atomic E-state index is -0.411. The van der Waals surface area contributed by atoms with Crippen molar-refractivity contribution in [3.05, 3.63) is 28.0 Å². The van der Waals surface area contributed by atoms with Gasteiger partial charge >= 0.3 is 5.97 Å². The van der Waals surface area contributed by atoms with Crippen molar-refractivity contribution in [3.63, 3.8) is 0 Å². The van der Waals surface area contributed by atoms with Gasteiger partial charge in [0.2, 0.25) is 0 Å². The molecule has 0 aliphatic heterocycles. The Kier molecular flexibility index (Phi) is 4.24. The minimum Gasteiger partial charge on any atom is -0.459 e. The third-order valence-electron chi connectivity index (χ3n) is 2.87. The molecule has 0 aromatic carbocycles. The van der Waals surface area contributed by atoms with Gasteiger partial charge in [-0.3, -0.25) is 0 Å². The summed E-state index contributed by atoms with van der Waals surface area (Å²) in [6.45, 7) is 0. The van der Waals surface area contributed by atoms with Gasteiger partial charge in [0.1, 0.15) is 11.3 Å². The Morgan fingerprint density at radius 2 is 2.00 bits per heavy atom. The Morgan fingerprint density at radius 3 is 2.71 bits per heavy atom. The van der Waals surface area contributed by atoms with Crippen LogP contribution in [0.5, 0.6) is 0 Å². The third kappa shape index (κ3) is 3.33. The number of halogens is 2. The van der Waals surface area contributed by atoms with Crippen molar-refractivity contribution in [1.29, 1.82) is 0 Å². The summed E-state index contributed by atoms with van der Waals surface area (Å²) in [4.78, 5) is 15.7. The number of pyridine rings is 1. The second-order valence-electron chi connectivity index (χ2n) is 4.15. The first kappa shape index (κ1) is 12.7. The summed E-state index contributed by atoms with van der Waals surface area (Å²) in [5.41, 5.74) is 0.289. The summed E-state index contributed by atoms with van der Waals surface area (Å²) in [5.74, 6) is -0.411. The predicted molar refractivity (Wildman–Crippen MR) is 66.5 cm³/mol. The Morgan fingerprint density at radius 1 is 1.29 bits per heavy atom. The lowest BCUT2D eigenvalue weighted by atomic mass is 9.98. The van der Waals surface area contributed by atoms with Crippen molar-refractivity contribution < 1.29 is 9.53 Å². The van der Waals surface area contributed by atoms with E-state index in [-0.39, 0.29) is 21.8 Å². The van der Waals surface area contributed by atoms with Gasteiger partial charge in [0.05, 0.1) is 10.6 Å². The van der Waals surface area contributed by atoms with E-state index in [2.05, 4.69) is 4.98 Å². The van der Waals surface area contributed by atoms with Gasteiger partial charge in [-0.05, 0) is 31.7 Å². The maximum absolute atomic E-state index is 11.9. The normalized spacial score (nSPS) is 16.8. The molecule has 1 aliphatic carbocycles. The lowest BCUT2D eigenvalue weighted by Crippen LogP contribution is -2.21. The Balaban J connectivity index is 2.05. The van der Waals surface area contributed by atoms with Crippen LogP contribution in [0.3, 0.4) is 0 Å². The zero-order valence-corrected chi connectivity index (χ0v) is 10.8. The van der Waals surface area contributed by atoms with Gasteiger partial charge in [0.15, 0.2) is 0 Å². The van der Waals surface area contributed by atoms with E-state index in [4.69, 9.17) is 27.9 Å². The molecular formula is C12H13Cl2NO2. The number of nitrogens with zero attached hydrogens (tertiary/aromatic N) is 1. The second kappa shape index (κ2) is 5.69. The second-order valence-corrected chi connectivity index (χ2v) is 4.95. The fraction of sp³-hybridized carbons (Fsp3) is 0.500. The summed E-state index contributed by atoms with van der Waals surface area (Å²) < 4.78 is 5.40. The average molecular weight is 274 g/mol. The van der Waals surface area contributed by atoms with Gasteiger partial charge in [-0.1, -0.05) is 29.6 Å². The van der Waals surface area contributed by atoms with Crippen LogP contribution >= 0.6 is 23.2 Å². The van der Waals surface area contributed by atoms with Gasteiger partial charge in [-0.2, -0.15) is 0 Å². The Bertz CT molecular complexity index is 417. The first-order valence-electron chi connectivity index (χ1n) is 5.69. The molecule has 1 aromatic heterocycles. The molecule has 0 N–H and O–H groups in total. The summed E-state index contributed by atoms with van der Waals surface area (Å²) in [6.07, 6.45) is 6.69. The first-order chi connectivity index (χ1) is 8.16. The zero-order chi connectivity index (χ0) is 12.3. The van der Waals surface area contributed by atoms with Gasteiger partial charge < -0.3 is 4.74 Å². The standard InChI is InChI=1S/C12H13Cl2NO2/c13-10-7-15-11(14)6-9(10)12(16)17-8-4-2-1-3-5-8/h6-8H,1-5H2. The predicted octanol–water partition coefficient (Wildman–Crippen LogP) is 3.88. The van der Waals surface area contributed by atoms with Crippen molar-refractivity contribution in [2.24, 2.45) is 0 Å². The van der Waals surface area contributed by atoms with E-state index in [9.17, 15) is 4.79 Å². The molecule has 0 saturated heterocycles. The number of ether oxygens (including phenoxy) is 1. The summed E-state index contributed by atoms with van der Waals surface area (Å²) in [7, 11) is 0. The van der Waals surface area contributed by atoms with Crippen LogP contribution in [-0.2, 0) is 4.74 Å². The Hall–Kier alpha value is -0.800. The molecule has 1 aromatic rings. The number of carbonyl (C=O) groups excluding carboxylic acids is 1. The molecule has 0 atom stereocenters. The van der Waals surface area contributed by atoms with Crippen LogP contribution in [0.15, 0.2) is 12.3 Å². The van der Waals surface area contributed by atoms with E-state index < -0.39 is 5.97 Å². The molecule has 0 amide bonds. The van der Waals surface area contributed by atoms with Gasteiger partial charge in [-0.25, -0.2) is 9.78 Å². The zero-order valence-electron chi connectivity index (χ0n) is 9.29. The van der Waals surface area contributed by atoms with Crippen molar-refractivity contribution in [2.45, 2.75) is 38.2 Å². The quantitative estimate of drug-likeness (QED) is 0.607. The van der Waals surface area contributed by atoms with Crippen LogP contribution in [-0.4, -0.2) is 17.1 Å². The Labute approximate surface area is 110 Å². The average Bonchev–Trinajstić information content (AvgIpc) is 2.33. The number of hydrogen-bond acceptors (Lipinski definition) is 3. The van der Waals surface area contributed by atoms with Crippen LogP contribution < -0.4 is 0 Å². The molecule has 0 radical (unpaired) electrons. The van der Waals surface area contributed by atoms with E-state index in [1.807, 2.05) is 0 Å². The molecule has 1 heterocycles. The van der Waals surface area contributed by atoms with Crippen molar-refractivity contribution in [3.8, 4) is 0 Å². The summed E-state index contributed by atoms with van der Waals surface area (Å²) in [6, 6.07) is 1.44. The van der Waals surface area contributed by atoms with Crippen molar-refractivity contribution in [1.82, 2.24) is 4.98 Å². The topological polar surface area (TPSA) is 39.2 Å². The highest BCUT2D eigenvalue weighted by atomic mass is 35.5. The van der Waals surface area contributed by atoms with E-state index in [1.165, 1.54) is 18.7 Å². The fourth-order valence-electron chi connectivity index (χ4n) is 1.97. The number of esters is 1. The molecule has 1 fully saturated rings. The first-order valence-corrected chi connectivity index (χ1v) is 6.44. The maximum atomic E-state index is 11.9. The molecular weight excluding hydrogens is 261 g/mol. The highest BCUT2D eigenvalue weighted by Gasteiger charge is 2.20. The van der Waals surface area contributed by atoms with E-state index >= 15 is 0 Å². The largest absolute Gasteiger partial charge is 0.459 e. The van der Waals surface area contributed by atoms with E-state index in [1.54, 1.807) is 0 Å². The lowest BCUT2D eigenvalue weighted by molar-refractivity contribution is 0.0211. The van der Waals surface area contributed by atoms with E-state index in [0.717, 1.165) is 25.7 Å². The summed E-state index contributed by atoms with van der Waals surface area (Å²) >= 11 is 11.6. The monoisotopic (exact) mass is 273 g/mol. The van der Waals surface area contributed by atoms with Gasteiger partial charge in [0.25, 0.3) is 0 Å².